The highest BCUT2D eigenvalue weighted by Gasteiger charge is 2.19. The molecule has 3 aromatic rings. The first kappa shape index (κ1) is 16.7. The van der Waals surface area contributed by atoms with E-state index in [0.717, 1.165) is 16.3 Å². The molecular formula is C21H19NO3. The lowest BCUT2D eigenvalue weighted by atomic mass is 10.1. The van der Waals surface area contributed by atoms with Crippen molar-refractivity contribution in [2.24, 2.45) is 0 Å². The summed E-state index contributed by atoms with van der Waals surface area (Å²) < 4.78 is 5.25. The van der Waals surface area contributed by atoms with Crippen molar-refractivity contribution in [3.8, 4) is 0 Å². The van der Waals surface area contributed by atoms with E-state index in [1.165, 1.54) is 0 Å². The molecule has 0 aliphatic heterocycles. The Balaban J connectivity index is 1.65. The molecule has 0 fully saturated rings. The van der Waals surface area contributed by atoms with Gasteiger partial charge in [-0.15, -0.1) is 0 Å². The molecule has 0 saturated carbocycles. The highest BCUT2D eigenvalue weighted by atomic mass is 16.5. The van der Waals surface area contributed by atoms with Gasteiger partial charge in [0, 0.05) is 5.69 Å². The Morgan fingerprint density at radius 2 is 1.60 bits per heavy atom. The number of amides is 1. The van der Waals surface area contributed by atoms with Crippen LogP contribution in [0.2, 0.25) is 0 Å². The fourth-order valence-corrected chi connectivity index (χ4v) is 2.48. The minimum atomic E-state index is -0.889. The molecule has 3 rings (SSSR count). The molecule has 1 N–H and O–H groups in total. The van der Waals surface area contributed by atoms with E-state index in [-0.39, 0.29) is 5.91 Å². The molecule has 1 atom stereocenters. The topological polar surface area (TPSA) is 55.4 Å². The van der Waals surface area contributed by atoms with Crippen LogP contribution in [-0.2, 0) is 9.53 Å². The normalized spacial score (nSPS) is 11.8. The van der Waals surface area contributed by atoms with Gasteiger partial charge in [-0.1, -0.05) is 48.0 Å². The third-order valence-electron chi connectivity index (χ3n) is 3.96. The Morgan fingerprint density at radius 1 is 0.920 bits per heavy atom. The first-order valence-corrected chi connectivity index (χ1v) is 8.10. The van der Waals surface area contributed by atoms with E-state index < -0.39 is 12.1 Å². The van der Waals surface area contributed by atoms with Crippen molar-refractivity contribution in [1.82, 2.24) is 0 Å². The minimum absolute atomic E-state index is 0.365. The molecule has 0 spiro atoms. The van der Waals surface area contributed by atoms with Crippen LogP contribution < -0.4 is 5.32 Å². The number of hydrogen-bond acceptors (Lipinski definition) is 3. The summed E-state index contributed by atoms with van der Waals surface area (Å²) in [5.41, 5.74) is 2.15. The second kappa shape index (κ2) is 7.18. The van der Waals surface area contributed by atoms with E-state index in [1.807, 2.05) is 61.5 Å². The summed E-state index contributed by atoms with van der Waals surface area (Å²) in [7, 11) is 0. The van der Waals surface area contributed by atoms with Crippen molar-refractivity contribution in [1.29, 1.82) is 0 Å². The van der Waals surface area contributed by atoms with Crippen LogP contribution in [0.5, 0.6) is 0 Å². The maximum atomic E-state index is 12.3. The number of benzene rings is 3. The van der Waals surface area contributed by atoms with Crippen LogP contribution in [0.25, 0.3) is 10.8 Å². The second-order valence-corrected chi connectivity index (χ2v) is 5.96. The van der Waals surface area contributed by atoms with Crippen molar-refractivity contribution in [3.63, 3.8) is 0 Å². The molecular weight excluding hydrogens is 314 g/mol. The van der Waals surface area contributed by atoms with E-state index in [0.29, 0.717) is 11.3 Å². The highest BCUT2D eigenvalue weighted by Crippen LogP contribution is 2.19. The van der Waals surface area contributed by atoms with E-state index >= 15 is 0 Å². The number of esters is 1. The summed E-state index contributed by atoms with van der Waals surface area (Å²) in [6, 6.07) is 20.6. The predicted octanol–water partition coefficient (Wildman–Crippen LogP) is 4.33. The van der Waals surface area contributed by atoms with Gasteiger partial charge >= 0.3 is 5.97 Å². The van der Waals surface area contributed by atoms with Crippen molar-refractivity contribution < 1.29 is 14.3 Å². The number of hydrogen-bond donors (Lipinski definition) is 1. The van der Waals surface area contributed by atoms with Gasteiger partial charge in [-0.2, -0.15) is 0 Å². The van der Waals surface area contributed by atoms with E-state index in [1.54, 1.807) is 19.1 Å². The number of anilines is 1. The van der Waals surface area contributed by atoms with Crippen LogP contribution in [0.1, 0.15) is 22.8 Å². The molecule has 4 nitrogen and oxygen atoms in total. The van der Waals surface area contributed by atoms with Gasteiger partial charge in [-0.25, -0.2) is 4.79 Å². The third kappa shape index (κ3) is 4.04. The van der Waals surface area contributed by atoms with Crippen molar-refractivity contribution in [2.75, 3.05) is 5.32 Å². The van der Waals surface area contributed by atoms with Crippen LogP contribution in [-0.4, -0.2) is 18.0 Å². The first-order valence-electron chi connectivity index (χ1n) is 8.10. The van der Waals surface area contributed by atoms with Gasteiger partial charge in [-0.05, 0) is 48.9 Å². The highest BCUT2D eigenvalue weighted by molar-refractivity contribution is 5.98. The zero-order valence-electron chi connectivity index (χ0n) is 14.2. The Morgan fingerprint density at radius 3 is 2.32 bits per heavy atom. The molecule has 0 bridgehead atoms. The molecule has 0 unspecified atom stereocenters. The van der Waals surface area contributed by atoms with E-state index in [4.69, 9.17) is 4.74 Å². The second-order valence-electron chi connectivity index (χ2n) is 5.96. The lowest BCUT2D eigenvalue weighted by molar-refractivity contribution is -0.123. The number of carbonyl (C=O) groups excluding carboxylic acids is 2. The number of carbonyl (C=O) groups is 2. The zero-order valence-corrected chi connectivity index (χ0v) is 14.2. The fraction of sp³-hybridized carbons (Fsp3) is 0.143. The van der Waals surface area contributed by atoms with Crippen LogP contribution in [0.4, 0.5) is 5.69 Å². The largest absolute Gasteiger partial charge is 0.449 e. The molecule has 25 heavy (non-hydrogen) atoms. The van der Waals surface area contributed by atoms with Gasteiger partial charge in [0.1, 0.15) is 0 Å². The lowest BCUT2D eigenvalue weighted by Crippen LogP contribution is -2.30. The zero-order chi connectivity index (χ0) is 17.8. The van der Waals surface area contributed by atoms with Gasteiger partial charge in [-0.3, -0.25) is 4.79 Å². The SMILES string of the molecule is Cc1ccc(C(=O)O[C@@H](C)C(=O)Nc2ccc3ccccc3c2)cc1. The molecule has 0 heterocycles. The van der Waals surface area contributed by atoms with E-state index in [9.17, 15) is 9.59 Å². The molecule has 4 heteroatoms. The summed E-state index contributed by atoms with van der Waals surface area (Å²) in [5.74, 6) is -0.878. The van der Waals surface area contributed by atoms with Gasteiger partial charge in [0.25, 0.3) is 5.91 Å². The van der Waals surface area contributed by atoms with Gasteiger partial charge < -0.3 is 10.1 Å². The van der Waals surface area contributed by atoms with Crippen LogP contribution >= 0.6 is 0 Å². The maximum absolute atomic E-state index is 12.3. The molecule has 0 saturated heterocycles. The smallest absolute Gasteiger partial charge is 0.338 e. The summed E-state index contributed by atoms with van der Waals surface area (Å²) in [4.78, 5) is 24.4. The van der Waals surface area contributed by atoms with Crippen molar-refractivity contribution in [2.45, 2.75) is 20.0 Å². The molecule has 1 amide bonds. The van der Waals surface area contributed by atoms with Gasteiger partial charge in [0.2, 0.25) is 0 Å². The fourth-order valence-electron chi connectivity index (χ4n) is 2.48. The molecule has 126 valence electrons. The Kier molecular flexibility index (Phi) is 4.80. The summed E-state index contributed by atoms with van der Waals surface area (Å²) in [5, 5.41) is 4.91. The molecule has 0 aliphatic rings. The summed E-state index contributed by atoms with van der Waals surface area (Å²) in [6.07, 6.45) is -0.889. The van der Waals surface area contributed by atoms with Crippen LogP contribution in [0.15, 0.2) is 66.7 Å². The summed E-state index contributed by atoms with van der Waals surface area (Å²) in [6.45, 7) is 3.50. The third-order valence-corrected chi connectivity index (χ3v) is 3.96. The molecule has 0 aliphatic carbocycles. The van der Waals surface area contributed by atoms with E-state index in [2.05, 4.69) is 5.32 Å². The van der Waals surface area contributed by atoms with Crippen molar-refractivity contribution >= 4 is 28.3 Å². The lowest BCUT2D eigenvalue weighted by Gasteiger charge is -2.14. The molecule has 0 radical (unpaired) electrons. The maximum Gasteiger partial charge on any atom is 0.338 e. The van der Waals surface area contributed by atoms with Crippen LogP contribution in [0.3, 0.4) is 0 Å². The monoisotopic (exact) mass is 333 g/mol. The van der Waals surface area contributed by atoms with Crippen molar-refractivity contribution in [3.05, 3.63) is 77.9 Å². The predicted molar refractivity (Wildman–Crippen MR) is 98.6 cm³/mol. The standard InChI is InChI=1S/C21H19NO3/c1-14-7-9-17(10-8-14)21(24)25-15(2)20(23)22-19-12-11-16-5-3-4-6-18(16)13-19/h3-13,15H,1-2H3,(H,22,23)/t15-/m0/s1. The number of fused-ring (bicyclic) bond motifs is 1. The Bertz CT molecular complexity index is 916. The van der Waals surface area contributed by atoms with Crippen LogP contribution in [0, 0.1) is 6.92 Å². The number of aryl methyl sites for hydroxylation is 1. The average molecular weight is 333 g/mol. The average Bonchev–Trinajstić information content (AvgIpc) is 2.62. The number of nitrogens with one attached hydrogen (secondary N) is 1. The Labute approximate surface area is 146 Å². The van der Waals surface area contributed by atoms with Gasteiger partial charge in [0.05, 0.1) is 5.56 Å². The number of rotatable bonds is 4. The summed E-state index contributed by atoms with van der Waals surface area (Å²) >= 11 is 0. The number of ether oxygens (including phenoxy) is 1. The molecule has 3 aromatic carbocycles. The Hall–Kier alpha value is -3.14. The quantitative estimate of drug-likeness (QED) is 0.723. The first-order chi connectivity index (χ1) is 12.0. The van der Waals surface area contributed by atoms with Gasteiger partial charge in [0.15, 0.2) is 6.10 Å². The molecule has 0 aromatic heterocycles. The minimum Gasteiger partial charge on any atom is -0.449 e.